The van der Waals surface area contributed by atoms with Gasteiger partial charge in [0.15, 0.2) is 17.5 Å². The minimum absolute atomic E-state index is 0.0415. The molecule has 1 heterocycles. The van der Waals surface area contributed by atoms with Crippen molar-refractivity contribution in [3.63, 3.8) is 0 Å². The minimum Gasteiger partial charge on any atom is -0.436 e. The van der Waals surface area contributed by atoms with Gasteiger partial charge in [-0.1, -0.05) is 12.1 Å². The molecule has 1 aromatic carbocycles. The second-order valence-electron chi connectivity index (χ2n) is 3.97. The van der Waals surface area contributed by atoms with Gasteiger partial charge >= 0.3 is 0 Å². The van der Waals surface area contributed by atoms with Gasteiger partial charge < -0.3 is 15.3 Å². The quantitative estimate of drug-likeness (QED) is 0.576. The molecule has 0 saturated heterocycles. The third kappa shape index (κ3) is 3.19. The number of halogens is 2. The van der Waals surface area contributed by atoms with Crippen LogP contribution in [0.2, 0.25) is 0 Å². The maximum Gasteiger partial charge on any atom is 0.258 e. The summed E-state index contributed by atoms with van der Waals surface area (Å²) in [7, 11) is 0. The first-order valence-electron chi connectivity index (χ1n) is 5.84. The number of hydrazine groups is 1. The number of nitrogens with one attached hydrogen (secondary N) is 1. The summed E-state index contributed by atoms with van der Waals surface area (Å²) in [6.07, 6.45) is 0.519. The fourth-order valence-corrected chi connectivity index (χ4v) is 1.59. The Bertz CT molecular complexity index is 591. The molecular weight excluding hydrogens is 268 g/mol. The van der Waals surface area contributed by atoms with Crippen molar-refractivity contribution in [2.24, 2.45) is 5.84 Å². The van der Waals surface area contributed by atoms with Gasteiger partial charge in [0.1, 0.15) is 5.75 Å². The van der Waals surface area contributed by atoms with Crippen molar-refractivity contribution in [3.8, 4) is 11.6 Å². The van der Waals surface area contributed by atoms with Gasteiger partial charge in [0.05, 0.1) is 0 Å². The van der Waals surface area contributed by atoms with Crippen LogP contribution in [0.15, 0.2) is 30.3 Å². The zero-order chi connectivity index (χ0) is 14.5. The van der Waals surface area contributed by atoms with E-state index in [1.54, 1.807) is 24.3 Å². The molecule has 0 bridgehead atoms. The zero-order valence-corrected chi connectivity index (χ0v) is 10.4. The van der Waals surface area contributed by atoms with Gasteiger partial charge in [0, 0.05) is 12.7 Å². The van der Waals surface area contributed by atoms with Crippen molar-refractivity contribution in [1.82, 2.24) is 4.98 Å². The first kappa shape index (κ1) is 14.2. The summed E-state index contributed by atoms with van der Waals surface area (Å²) in [5, 5.41) is 8.80. The van der Waals surface area contributed by atoms with Crippen LogP contribution >= 0.6 is 0 Å². The molecule has 106 valence electrons. The van der Waals surface area contributed by atoms with E-state index in [4.69, 9.17) is 15.7 Å². The Morgan fingerprint density at radius 2 is 1.90 bits per heavy atom. The number of hydrogen-bond donors (Lipinski definition) is 3. The Morgan fingerprint density at radius 3 is 2.50 bits per heavy atom. The van der Waals surface area contributed by atoms with Crippen LogP contribution in [-0.4, -0.2) is 16.7 Å². The number of hydrogen-bond acceptors (Lipinski definition) is 5. The molecule has 0 aliphatic rings. The molecule has 2 aromatic rings. The molecule has 2 rings (SSSR count). The highest BCUT2D eigenvalue weighted by Crippen LogP contribution is 2.25. The first-order valence-corrected chi connectivity index (χ1v) is 5.84. The number of anilines is 1. The molecule has 20 heavy (non-hydrogen) atoms. The number of ether oxygens (including phenoxy) is 1. The first-order chi connectivity index (χ1) is 9.63. The molecular formula is C13H13F2N3O2. The molecule has 0 unspecified atom stereocenters. The number of nitrogens with zero attached hydrogens (tertiary/aromatic N) is 1. The van der Waals surface area contributed by atoms with Gasteiger partial charge in [-0.05, 0) is 24.1 Å². The molecule has 0 aliphatic carbocycles. The Morgan fingerprint density at radius 1 is 1.20 bits per heavy atom. The summed E-state index contributed by atoms with van der Waals surface area (Å²) < 4.78 is 31.9. The average Bonchev–Trinajstić information content (AvgIpc) is 2.44. The van der Waals surface area contributed by atoms with Crippen LogP contribution in [0.4, 0.5) is 14.6 Å². The van der Waals surface area contributed by atoms with Crippen molar-refractivity contribution < 1.29 is 18.6 Å². The third-order valence-electron chi connectivity index (χ3n) is 2.57. The lowest BCUT2D eigenvalue weighted by atomic mass is 10.1. The predicted octanol–water partition coefficient (Wildman–Crippen LogP) is 1.97. The van der Waals surface area contributed by atoms with Crippen LogP contribution in [0.1, 0.15) is 5.56 Å². The molecule has 5 nitrogen and oxygen atoms in total. The van der Waals surface area contributed by atoms with Crippen LogP contribution in [-0.2, 0) is 6.42 Å². The summed E-state index contributed by atoms with van der Waals surface area (Å²) in [6, 6.07) is 7.30. The lowest BCUT2D eigenvalue weighted by Gasteiger charge is -2.09. The van der Waals surface area contributed by atoms with Gasteiger partial charge in [-0.3, -0.25) is 0 Å². The van der Waals surface area contributed by atoms with E-state index in [1.165, 1.54) is 0 Å². The normalized spacial score (nSPS) is 10.4. The minimum atomic E-state index is -0.930. The number of aliphatic hydroxyl groups is 1. The van der Waals surface area contributed by atoms with E-state index in [1.807, 2.05) is 5.43 Å². The molecule has 0 saturated carbocycles. The summed E-state index contributed by atoms with van der Waals surface area (Å²) in [4.78, 5) is 3.60. The van der Waals surface area contributed by atoms with E-state index in [-0.39, 0.29) is 18.3 Å². The van der Waals surface area contributed by atoms with Crippen molar-refractivity contribution in [1.29, 1.82) is 0 Å². The smallest absolute Gasteiger partial charge is 0.258 e. The molecule has 0 aliphatic heterocycles. The van der Waals surface area contributed by atoms with Crippen molar-refractivity contribution in [2.75, 3.05) is 12.0 Å². The monoisotopic (exact) mass is 281 g/mol. The Kier molecular flexibility index (Phi) is 4.44. The van der Waals surface area contributed by atoms with Crippen molar-refractivity contribution >= 4 is 5.82 Å². The lowest BCUT2D eigenvalue weighted by molar-refractivity contribution is 0.299. The Balaban J connectivity index is 2.21. The fourth-order valence-electron chi connectivity index (χ4n) is 1.59. The standard InChI is InChI=1S/C13H13F2N3O2/c14-10-7-11(15)13(17-12(10)18-16)20-9-3-1-8(2-4-9)5-6-19/h1-4,7,19H,5-6,16H2,(H,17,18). The average molecular weight is 281 g/mol. The van der Waals surface area contributed by atoms with E-state index in [9.17, 15) is 8.78 Å². The number of nitrogen functional groups attached to an aromatic ring is 1. The largest absolute Gasteiger partial charge is 0.436 e. The van der Waals surface area contributed by atoms with Gasteiger partial charge in [0.25, 0.3) is 5.88 Å². The second kappa shape index (κ2) is 6.27. The van der Waals surface area contributed by atoms with Gasteiger partial charge in [-0.15, -0.1) is 0 Å². The van der Waals surface area contributed by atoms with E-state index in [0.29, 0.717) is 18.2 Å². The molecule has 0 amide bonds. The molecule has 0 fully saturated rings. The van der Waals surface area contributed by atoms with E-state index in [2.05, 4.69) is 4.98 Å². The van der Waals surface area contributed by atoms with E-state index >= 15 is 0 Å². The fraction of sp³-hybridized carbons (Fsp3) is 0.154. The third-order valence-corrected chi connectivity index (χ3v) is 2.57. The number of aromatic nitrogens is 1. The second-order valence-corrected chi connectivity index (χ2v) is 3.97. The summed E-state index contributed by atoms with van der Waals surface area (Å²) in [5.41, 5.74) is 2.93. The van der Waals surface area contributed by atoms with Gasteiger partial charge in [-0.2, -0.15) is 4.98 Å². The molecule has 7 heteroatoms. The molecule has 1 aromatic heterocycles. The number of benzene rings is 1. The summed E-state index contributed by atoms with van der Waals surface area (Å²) in [6.45, 7) is 0.0415. The van der Waals surface area contributed by atoms with Gasteiger partial charge in [-0.25, -0.2) is 14.6 Å². The molecule has 4 N–H and O–H groups in total. The molecule has 0 spiro atoms. The Hall–Kier alpha value is -2.25. The highest BCUT2D eigenvalue weighted by molar-refractivity contribution is 5.40. The zero-order valence-electron chi connectivity index (χ0n) is 10.4. The SMILES string of the molecule is NNc1nc(Oc2ccc(CCO)cc2)c(F)cc1F. The highest BCUT2D eigenvalue weighted by atomic mass is 19.1. The van der Waals surface area contributed by atoms with Crippen LogP contribution in [0, 0.1) is 11.6 Å². The van der Waals surface area contributed by atoms with Crippen molar-refractivity contribution in [2.45, 2.75) is 6.42 Å². The maximum atomic E-state index is 13.5. The van der Waals surface area contributed by atoms with E-state index < -0.39 is 11.6 Å². The van der Waals surface area contributed by atoms with Crippen LogP contribution in [0.3, 0.4) is 0 Å². The summed E-state index contributed by atoms with van der Waals surface area (Å²) in [5.74, 6) is 2.88. The molecule has 0 radical (unpaired) electrons. The topological polar surface area (TPSA) is 80.4 Å². The van der Waals surface area contributed by atoms with Crippen molar-refractivity contribution in [3.05, 3.63) is 47.5 Å². The lowest BCUT2D eigenvalue weighted by Crippen LogP contribution is -2.11. The number of rotatable bonds is 5. The number of pyridine rings is 1. The molecule has 0 atom stereocenters. The van der Waals surface area contributed by atoms with Gasteiger partial charge in [0.2, 0.25) is 0 Å². The van der Waals surface area contributed by atoms with Crippen LogP contribution in [0.25, 0.3) is 0 Å². The highest BCUT2D eigenvalue weighted by Gasteiger charge is 2.13. The number of aliphatic hydroxyl groups excluding tert-OH is 1. The van der Waals surface area contributed by atoms with E-state index in [0.717, 1.165) is 5.56 Å². The van der Waals surface area contributed by atoms with Crippen LogP contribution < -0.4 is 16.0 Å². The predicted molar refractivity (Wildman–Crippen MR) is 69.3 cm³/mol. The summed E-state index contributed by atoms with van der Waals surface area (Å²) >= 11 is 0. The Labute approximate surface area is 114 Å². The van der Waals surface area contributed by atoms with Crippen LogP contribution in [0.5, 0.6) is 11.6 Å². The maximum absolute atomic E-state index is 13.5. The number of nitrogens with two attached hydrogens (primary N) is 1.